The zero-order valence-electron chi connectivity index (χ0n) is 15.2. The first-order valence-corrected chi connectivity index (χ1v) is 11.3. The third kappa shape index (κ3) is 6.02. The highest BCUT2D eigenvalue weighted by molar-refractivity contribution is 7.89. The topological polar surface area (TPSA) is 133 Å². The summed E-state index contributed by atoms with van der Waals surface area (Å²) >= 11 is 0. The van der Waals surface area contributed by atoms with E-state index >= 15 is 0 Å². The number of benzene rings is 2. The van der Waals surface area contributed by atoms with Crippen molar-refractivity contribution in [2.45, 2.75) is 16.3 Å². The van der Waals surface area contributed by atoms with Crippen LogP contribution in [-0.2, 0) is 26.6 Å². The van der Waals surface area contributed by atoms with Crippen molar-refractivity contribution in [3.63, 3.8) is 0 Å². The highest BCUT2D eigenvalue weighted by atomic mass is 32.2. The monoisotopic (exact) mass is 426 g/mol. The number of carbonyl (C=O) groups excluding carboxylic acids is 1. The van der Waals surface area contributed by atoms with Gasteiger partial charge in [-0.25, -0.2) is 31.1 Å². The zero-order chi connectivity index (χ0) is 20.6. The molecule has 28 heavy (non-hydrogen) atoms. The van der Waals surface area contributed by atoms with E-state index in [0.29, 0.717) is 5.56 Å². The Kier molecular flexibility index (Phi) is 7.52. The zero-order valence-corrected chi connectivity index (χ0v) is 16.8. The Morgan fingerprint density at radius 3 is 2.14 bits per heavy atom. The molecule has 0 spiro atoms. The van der Waals surface area contributed by atoms with Gasteiger partial charge in [0, 0.05) is 19.6 Å². The van der Waals surface area contributed by atoms with Crippen LogP contribution in [0.15, 0.2) is 64.4 Å². The first-order valence-electron chi connectivity index (χ1n) is 8.34. The SMILES string of the molecule is CNS(=O)(=O)c1ccccc1CNC(=O)NCCNS(=O)(=O)c1ccccc1. The van der Waals surface area contributed by atoms with E-state index in [4.69, 9.17) is 0 Å². The van der Waals surface area contributed by atoms with Crippen molar-refractivity contribution >= 4 is 26.1 Å². The highest BCUT2D eigenvalue weighted by Gasteiger charge is 2.16. The normalized spacial score (nSPS) is 11.8. The molecule has 0 saturated heterocycles. The van der Waals surface area contributed by atoms with Gasteiger partial charge in [0.25, 0.3) is 0 Å². The number of rotatable bonds is 9. The fraction of sp³-hybridized carbons (Fsp3) is 0.235. The van der Waals surface area contributed by atoms with Crippen molar-refractivity contribution in [3.05, 3.63) is 60.2 Å². The molecule has 0 radical (unpaired) electrons. The largest absolute Gasteiger partial charge is 0.337 e. The van der Waals surface area contributed by atoms with Crippen LogP contribution in [0.5, 0.6) is 0 Å². The van der Waals surface area contributed by atoms with Gasteiger partial charge >= 0.3 is 6.03 Å². The van der Waals surface area contributed by atoms with Crippen LogP contribution < -0.4 is 20.1 Å². The van der Waals surface area contributed by atoms with Gasteiger partial charge in [0.2, 0.25) is 20.0 Å². The summed E-state index contributed by atoms with van der Waals surface area (Å²) in [4.78, 5) is 12.1. The average Bonchev–Trinajstić information content (AvgIpc) is 2.70. The second-order valence-corrected chi connectivity index (χ2v) is 9.26. The lowest BCUT2D eigenvalue weighted by atomic mass is 10.2. The highest BCUT2D eigenvalue weighted by Crippen LogP contribution is 2.14. The number of urea groups is 1. The summed E-state index contributed by atoms with van der Waals surface area (Å²) < 4.78 is 52.7. The lowest BCUT2D eigenvalue weighted by Crippen LogP contribution is -2.40. The van der Waals surface area contributed by atoms with Crippen LogP contribution in [0.25, 0.3) is 0 Å². The molecule has 0 unspecified atom stereocenters. The van der Waals surface area contributed by atoms with Crippen LogP contribution >= 0.6 is 0 Å². The van der Waals surface area contributed by atoms with Crippen molar-refractivity contribution < 1.29 is 21.6 Å². The van der Waals surface area contributed by atoms with E-state index in [9.17, 15) is 21.6 Å². The summed E-state index contributed by atoms with van der Waals surface area (Å²) in [6.45, 7) is 0.0718. The van der Waals surface area contributed by atoms with Crippen molar-refractivity contribution in [1.29, 1.82) is 0 Å². The summed E-state index contributed by atoms with van der Waals surface area (Å²) in [5.74, 6) is 0. The van der Waals surface area contributed by atoms with Gasteiger partial charge in [0.15, 0.2) is 0 Å². The Balaban J connectivity index is 1.82. The molecule has 4 N–H and O–H groups in total. The van der Waals surface area contributed by atoms with E-state index in [-0.39, 0.29) is 29.4 Å². The molecular formula is C17H22N4O5S2. The van der Waals surface area contributed by atoms with E-state index < -0.39 is 26.1 Å². The van der Waals surface area contributed by atoms with Crippen LogP contribution in [0.2, 0.25) is 0 Å². The summed E-state index contributed by atoms with van der Waals surface area (Å²) in [5.41, 5.74) is 0.428. The molecule has 0 bridgehead atoms. The minimum absolute atomic E-state index is 0.00133. The molecule has 11 heteroatoms. The molecule has 2 aromatic rings. The van der Waals surface area contributed by atoms with Gasteiger partial charge < -0.3 is 10.6 Å². The Bertz CT molecular complexity index is 1010. The van der Waals surface area contributed by atoms with E-state index in [0.717, 1.165) is 0 Å². The van der Waals surface area contributed by atoms with Gasteiger partial charge in [-0.3, -0.25) is 0 Å². The maximum Gasteiger partial charge on any atom is 0.315 e. The first kappa shape index (κ1) is 21.8. The molecule has 0 aliphatic heterocycles. The number of nitrogens with one attached hydrogen (secondary N) is 4. The number of carbonyl (C=O) groups is 1. The molecule has 152 valence electrons. The Hall–Kier alpha value is -2.47. The van der Waals surface area contributed by atoms with E-state index in [2.05, 4.69) is 20.1 Å². The third-order valence-electron chi connectivity index (χ3n) is 3.73. The van der Waals surface area contributed by atoms with Crippen LogP contribution in [0, 0.1) is 0 Å². The molecule has 0 heterocycles. The molecule has 9 nitrogen and oxygen atoms in total. The predicted molar refractivity (Wildman–Crippen MR) is 105 cm³/mol. The maximum atomic E-state index is 12.0. The van der Waals surface area contributed by atoms with Gasteiger partial charge in [0.1, 0.15) is 0 Å². The molecule has 0 aliphatic rings. The van der Waals surface area contributed by atoms with Gasteiger partial charge in [-0.05, 0) is 30.8 Å². The molecule has 0 atom stereocenters. The fourth-order valence-corrected chi connectivity index (χ4v) is 4.32. The van der Waals surface area contributed by atoms with Crippen LogP contribution in [-0.4, -0.2) is 43.0 Å². The minimum Gasteiger partial charge on any atom is -0.337 e. The molecule has 0 aromatic heterocycles. The molecule has 0 aliphatic carbocycles. The fourth-order valence-electron chi connectivity index (χ4n) is 2.30. The van der Waals surface area contributed by atoms with Gasteiger partial charge in [-0.2, -0.15) is 0 Å². The minimum atomic E-state index is -3.64. The van der Waals surface area contributed by atoms with Crippen LogP contribution in [0.4, 0.5) is 4.79 Å². The molecule has 0 fully saturated rings. The quantitative estimate of drug-likeness (QED) is 0.430. The lowest BCUT2D eigenvalue weighted by molar-refractivity contribution is 0.240. The van der Waals surface area contributed by atoms with Crippen LogP contribution in [0.1, 0.15) is 5.56 Å². The summed E-state index contributed by atoms with van der Waals surface area (Å²) in [6, 6.07) is 13.6. The summed E-state index contributed by atoms with van der Waals surface area (Å²) in [7, 11) is -5.96. The van der Waals surface area contributed by atoms with E-state index in [1.165, 1.54) is 25.2 Å². The van der Waals surface area contributed by atoms with Crippen molar-refractivity contribution in [2.75, 3.05) is 20.1 Å². The second-order valence-electron chi connectivity index (χ2n) is 5.64. The molecule has 2 rings (SSSR count). The smallest absolute Gasteiger partial charge is 0.315 e. The number of amides is 2. The Labute approximate surface area is 164 Å². The second kappa shape index (κ2) is 9.64. The van der Waals surface area contributed by atoms with Gasteiger partial charge in [-0.15, -0.1) is 0 Å². The standard InChI is InChI=1S/C17H22N4O5S2/c1-18-28(25,26)16-10-6-5-7-14(16)13-20-17(22)19-11-12-21-27(23,24)15-8-3-2-4-9-15/h2-10,18,21H,11-13H2,1H3,(H2,19,20,22). The van der Waals surface area contributed by atoms with Crippen molar-refractivity contribution in [2.24, 2.45) is 0 Å². The van der Waals surface area contributed by atoms with Gasteiger partial charge in [-0.1, -0.05) is 36.4 Å². The Morgan fingerprint density at radius 2 is 1.46 bits per heavy atom. The molecule has 2 amide bonds. The number of hydrogen-bond acceptors (Lipinski definition) is 5. The van der Waals surface area contributed by atoms with Gasteiger partial charge in [0.05, 0.1) is 9.79 Å². The summed E-state index contributed by atoms with van der Waals surface area (Å²) in [5, 5.41) is 5.05. The molecule has 0 saturated carbocycles. The predicted octanol–water partition coefficient (Wildman–Crippen LogP) is 0.372. The van der Waals surface area contributed by atoms with E-state index in [1.54, 1.807) is 36.4 Å². The van der Waals surface area contributed by atoms with Crippen LogP contribution in [0.3, 0.4) is 0 Å². The number of sulfonamides is 2. The molecule has 2 aromatic carbocycles. The Morgan fingerprint density at radius 1 is 0.821 bits per heavy atom. The molecular weight excluding hydrogens is 404 g/mol. The average molecular weight is 427 g/mol. The first-order chi connectivity index (χ1) is 13.3. The van der Waals surface area contributed by atoms with Crippen molar-refractivity contribution in [3.8, 4) is 0 Å². The van der Waals surface area contributed by atoms with Crippen molar-refractivity contribution in [1.82, 2.24) is 20.1 Å². The maximum absolute atomic E-state index is 12.0. The summed E-state index contributed by atoms with van der Waals surface area (Å²) in [6.07, 6.45) is 0. The lowest BCUT2D eigenvalue weighted by Gasteiger charge is -2.12. The van der Waals surface area contributed by atoms with E-state index in [1.807, 2.05) is 0 Å². The third-order valence-corrected chi connectivity index (χ3v) is 6.72. The number of hydrogen-bond donors (Lipinski definition) is 4.